The molecule has 1 unspecified atom stereocenters. The molecule has 2 aromatic rings. The Kier molecular flexibility index (Phi) is 3.94. The zero-order valence-corrected chi connectivity index (χ0v) is 10.3. The Bertz CT molecular complexity index is 492. The van der Waals surface area contributed by atoms with Gasteiger partial charge >= 0.3 is 0 Å². The van der Waals surface area contributed by atoms with Crippen LogP contribution in [0, 0.1) is 5.82 Å². The standard InChI is InChI=1S/C13H17FN4/c1-2-18-9-10(8-16-18)13(7-15)17-12-5-3-11(14)4-6-12/h3-6,8-9,13,17H,2,7,15H2,1H3. The molecule has 0 saturated carbocycles. The van der Waals surface area contributed by atoms with Crippen molar-refractivity contribution < 1.29 is 4.39 Å². The third kappa shape index (κ3) is 2.87. The SMILES string of the molecule is CCn1cc(C(CN)Nc2ccc(F)cc2)cn1. The minimum atomic E-state index is -0.247. The van der Waals surface area contributed by atoms with Crippen LogP contribution in [0.15, 0.2) is 36.7 Å². The summed E-state index contributed by atoms with van der Waals surface area (Å²) in [6.07, 6.45) is 3.77. The molecule has 0 spiro atoms. The molecule has 5 heteroatoms. The molecule has 0 aliphatic heterocycles. The summed E-state index contributed by atoms with van der Waals surface area (Å²) >= 11 is 0. The molecule has 1 aromatic heterocycles. The monoisotopic (exact) mass is 248 g/mol. The van der Waals surface area contributed by atoms with E-state index < -0.39 is 0 Å². The molecule has 0 fully saturated rings. The van der Waals surface area contributed by atoms with E-state index >= 15 is 0 Å². The third-order valence-corrected chi connectivity index (χ3v) is 2.80. The summed E-state index contributed by atoms with van der Waals surface area (Å²) in [7, 11) is 0. The molecular weight excluding hydrogens is 231 g/mol. The van der Waals surface area contributed by atoms with Gasteiger partial charge < -0.3 is 11.1 Å². The third-order valence-electron chi connectivity index (χ3n) is 2.80. The maximum atomic E-state index is 12.8. The summed E-state index contributed by atoms with van der Waals surface area (Å²) in [6, 6.07) is 6.22. The van der Waals surface area contributed by atoms with Gasteiger partial charge in [0, 0.05) is 30.5 Å². The van der Waals surface area contributed by atoms with Gasteiger partial charge in [-0.05, 0) is 31.2 Å². The van der Waals surface area contributed by atoms with E-state index in [4.69, 9.17) is 5.73 Å². The lowest BCUT2D eigenvalue weighted by atomic mass is 10.1. The average molecular weight is 248 g/mol. The molecule has 0 amide bonds. The van der Waals surface area contributed by atoms with Crippen molar-refractivity contribution in [3.63, 3.8) is 0 Å². The van der Waals surface area contributed by atoms with Crippen molar-refractivity contribution in [2.75, 3.05) is 11.9 Å². The Hall–Kier alpha value is -1.88. The lowest BCUT2D eigenvalue weighted by molar-refractivity contribution is 0.628. The molecule has 18 heavy (non-hydrogen) atoms. The normalized spacial score (nSPS) is 12.4. The molecular formula is C13H17FN4. The van der Waals surface area contributed by atoms with Gasteiger partial charge in [-0.25, -0.2) is 4.39 Å². The summed E-state index contributed by atoms with van der Waals surface area (Å²) in [5.74, 6) is -0.247. The molecule has 0 saturated heterocycles. The second-order valence-corrected chi connectivity index (χ2v) is 4.07. The predicted octanol–water partition coefficient (Wildman–Crippen LogP) is 2.15. The van der Waals surface area contributed by atoms with Crippen LogP contribution in [0.5, 0.6) is 0 Å². The number of aryl methyl sites for hydroxylation is 1. The van der Waals surface area contributed by atoms with Gasteiger partial charge in [0.2, 0.25) is 0 Å². The number of halogens is 1. The van der Waals surface area contributed by atoms with Gasteiger partial charge in [-0.15, -0.1) is 0 Å². The summed E-state index contributed by atoms with van der Waals surface area (Å²) in [5, 5.41) is 7.48. The van der Waals surface area contributed by atoms with Crippen LogP contribution in [0.2, 0.25) is 0 Å². The van der Waals surface area contributed by atoms with E-state index in [0.717, 1.165) is 17.8 Å². The number of rotatable bonds is 5. The Balaban J connectivity index is 2.11. The van der Waals surface area contributed by atoms with Gasteiger partial charge in [0.25, 0.3) is 0 Å². The molecule has 1 aromatic carbocycles. The number of nitrogens with one attached hydrogen (secondary N) is 1. The smallest absolute Gasteiger partial charge is 0.123 e. The van der Waals surface area contributed by atoms with Crippen molar-refractivity contribution in [3.05, 3.63) is 48.0 Å². The second kappa shape index (κ2) is 5.64. The first kappa shape index (κ1) is 12.6. The van der Waals surface area contributed by atoms with E-state index in [2.05, 4.69) is 10.4 Å². The zero-order valence-electron chi connectivity index (χ0n) is 10.3. The highest BCUT2D eigenvalue weighted by molar-refractivity contribution is 5.45. The fraction of sp³-hybridized carbons (Fsp3) is 0.308. The van der Waals surface area contributed by atoms with Gasteiger partial charge in [-0.3, -0.25) is 4.68 Å². The molecule has 0 aliphatic carbocycles. The van der Waals surface area contributed by atoms with Crippen molar-refractivity contribution in [2.24, 2.45) is 5.73 Å². The number of anilines is 1. The van der Waals surface area contributed by atoms with E-state index in [0.29, 0.717) is 6.54 Å². The Labute approximate surface area is 106 Å². The molecule has 0 aliphatic rings. The number of hydrogen-bond acceptors (Lipinski definition) is 3. The minimum Gasteiger partial charge on any atom is -0.377 e. The number of nitrogens with two attached hydrogens (primary N) is 1. The molecule has 96 valence electrons. The van der Waals surface area contributed by atoms with E-state index in [-0.39, 0.29) is 11.9 Å². The first-order valence-electron chi connectivity index (χ1n) is 5.97. The fourth-order valence-electron chi connectivity index (χ4n) is 1.76. The van der Waals surface area contributed by atoms with Crippen LogP contribution in [-0.2, 0) is 6.54 Å². The van der Waals surface area contributed by atoms with Gasteiger partial charge in [0.05, 0.1) is 12.2 Å². The van der Waals surface area contributed by atoms with Crippen LogP contribution < -0.4 is 11.1 Å². The maximum absolute atomic E-state index is 12.8. The van der Waals surface area contributed by atoms with Crippen molar-refractivity contribution in [1.82, 2.24) is 9.78 Å². The van der Waals surface area contributed by atoms with Crippen LogP contribution in [0.3, 0.4) is 0 Å². The molecule has 4 nitrogen and oxygen atoms in total. The number of nitrogens with zero attached hydrogens (tertiary/aromatic N) is 2. The van der Waals surface area contributed by atoms with Crippen LogP contribution in [-0.4, -0.2) is 16.3 Å². The number of aromatic nitrogens is 2. The lowest BCUT2D eigenvalue weighted by Gasteiger charge is -2.16. The molecule has 0 bridgehead atoms. The molecule has 1 heterocycles. The molecule has 1 atom stereocenters. The Morgan fingerprint density at radius 3 is 2.67 bits per heavy atom. The van der Waals surface area contributed by atoms with Crippen LogP contribution in [0.25, 0.3) is 0 Å². The predicted molar refractivity (Wildman–Crippen MR) is 69.7 cm³/mol. The summed E-state index contributed by atoms with van der Waals surface area (Å²) in [6.45, 7) is 3.31. The molecule has 0 radical (unpaired) electrons. The summed E-state index contributed by atoms with van der Waals surface area (Å²) in [5.41, 5.74) is 7.63. The minimum absolute atomic E-state index is 0.0178. The van der Waals surface area contributed by atoms with Crippen LogP contribution >= 0.6 is 0 Å². The van der Waals surface area contributed by atoms with Crippen molar-refractivity contribution in [3.8, 4) is 0 Å². The molecule has 3 N–H and O–H groups in total. The lowest BCUT2D eigenvalue weighted by Crippen LogP contribution is -2.20. The van der Waals surface area contributed by atoms with E-state index in [1.807, 2.05) is 17.8 Å². The van der Waals surface area contributed by atoms with Crippen LogP contribution in [0.1, 0.15) is 18.5 Å². The van der Waals surface area contributed by atoms with E-state index in [1.54, 1.807) is 18.3 Å². The zero-order chi connectivity index (χ0) is 13.0. The Morgan fingerprint density at radius 1 is 1.39 bits per heavy atom. The maximum Gasteiger partial charge on any atom is 0.123 e. The van der Waals surface area contributed by atoms with Crippen molar-refractivity contribution in [2.45, 2.75) is 19.5 Å². The van der Waals surface area contributed by atoms with Crippen molar-refractivity contribution >= 4 is 5.69 Å². The van der Waals surface area contributed by atoms with Crippen LogP contribution in [0.4, 0.5) is 10.1 Å². The van der Waals surface area contributed by atoms with E-state index in [9.17, 15) is 4.39 Å². The van der Waals surface area contributed by atoms with E-state index in [1.165, 1.54) is 12.1 Å². The first-order valence-corrected chi connectivity index (χ1v) is 5.97. The second-order valence-electron chi connectivity index (χ2n) is 4.07. The van der Waals surface area contributed by atoms with Gasteiger partial charge in [-0.2, -0.15) is 5.10 Å². The summed E-state index contributed by atoms with van der Waals surface area (Å²) < 4.78 is 14.7. The fourth-order valence-corrected chi connectivity index (χ4v) is 1.76. The first-order chi connectivity index (χ1) is 8.72. The average Bonchev–Trinajstić information content (AvgIpc) is 2.87. The highest BCUT2D eigenvalue weighted by Gasteiger charge is 2.11. The Morgan fingerprint density at radius 2 is 2.11 bits per heavy atom. The topological polar surface area (TPSA) is 55.9 Å². The number of hydrogen-bond donors (Lipinski definition) is 2. The van der Waals surface area contributed by atoms with Crippen molar-refractivity contribution in [1.29, 1.82) is 0 Å². The largest absolute Gasteiger partial charge is 0.377 e. The molecule has 2 rings (SSSR count). The highest BCUT2D eigenvalue weighted by Crippen LogP contribution is 2.18. The highest BCUT2D eigenvalue weighted by atomic mass is 19.1. The van der Waals surface area contributed by atoms with Gasteiger partial charge in [-0.1, -0.05) is 0 Å². The van der Waals surface area contributed by atoms with Gasteiger partial charge in [0.15, 0.2) is 0 Å². The van der Waals surface area contributed by atoms with Gasteiger partial charge in [0.1, 0.15) is 5.82 Å². The number of benzene rings is 1. The summed E-state index contributed by atoms with van der Waals surface area (Å²) in [4.78, 5) is 0. The quantitative estimate of drug-likeness (QED) is 0.852.